The SMILES string of the molecule is Cc1ccc(N2C(=O)C(=O)/C(=C(/O)c3ccncc3)C2c2c(C)[nH]c3ccccc23)cc1C. The number of H-pyrrole nitrogens is 1. The monoisotopic (exact) mass is 437 g/mol. The summed E-state index contributed by atoms with van der Waals surface area (Å²) >= 11 is 0. The van der Waals surface area contributed by atoms with Crippen molar-refractivity contribution in [1.82, 2.24) is 9.97 Å². The largest absolute Gasteiger partial charge is 0.507 e. The van der Waals surface area contributed by atoms with Crippen LogP contribution in [-0.2, 0) is 9.59 Å². The van der Waals surface area contributed by atoms with Gasteiger partial charge < -0.3 is 10.1 Å². The van der Waals surface area contributed by atoms with E-state index in [0.29, 0.717) is 11.3 Å². The first kappa shape index (κ1) is 20.7. The summed E-state index contributed by atoms with van der Waals surface area (Å²) in [5, 5.41) is 12.1. The molecule has 1 aliphatic heterocycles. The Morgan fingerprint density at radius 2 is 1.70 bits per heavy atom. The van der Waals surface area contributed by atoms with E-state index in [0.717, 1.165) is 33.3 Å². The Hall–Kier alpha value is -4.19. The Labute approximate surface area is 191 Å². The number of ketones is 1. The van der Waals surface area contributed by atoms with Crippen LogP contribution in [0.2, 0.25) is 0 Å². The van der Waals surface area contributed by atoms with Gasteiger partial charge in [-0.25, -0.2) is 0 Å². The fraction of sp³-hybridized carbons (Fsp3) is 0.148. The first-order valence-electron chi connectivity index (χ1n) is 10.7. The third-order valence-electron chi connectivity index (χ3n) is 6.38. The van der Waals surface area contributed by atoms with Crippen molar-refractivity contribution in [3.8, 4) is 0 Å². The number of nitrogens with one attached hydrogen (secondary N) is 1. The number of benzene rings is 2. The molecule has 33 heavy (non-hydrogen) atoms. The number of hydrogen-bond donors (Lipinski definition) is 2. The summed E-state index contributed by atoms with van der Waals surface area (Å²) in [6.45, 7) is 5.89. The lowest BCUT2D eigenvalue weighted by Crippen LogP contribution is -2.29. The van der Waals surface area contributed by atoms with Crippen molar-refractivity contribution in [3.05, 3.63) is 101 Å². The van der Waals surface area contributed by atoms with Gasteiger partial charge in [0.1, 0.15) is 5.76 Å². The molecule has 2 aromatic heterocycles. The average Bonchev–Trinajstić information content (AvgIpc) is 3.28. The normalized spacial score (nSPS) is 17.8. The van der Waals surface area contributed by atoms with Gasteiger partial charge in [-0.3, -0.25) is 19.5 Å². The summed E-state index contributed by atoms with van der Waals surface area (Å²) in [6, 6.07) is 15.9. The van der Waals surface area contributed by atoms with Crippen LogP contribution in [0.4, 0.5) is 5.69 Å². The number of carbonyl (C=O) groups excluding carboxylic acids is 2. The number of aromatic amines is 1. The predicted molar refractivity (Wildman–Crippen MR) is 128 cm³/mol. The molecule has 0 radical (unpaired) electrons. The Balaban J connectivity index is 1.83. The maximum Gasteiger partial charge on any atom is 0.300 e. The van der Waals surface area contributed by atoms with Crippen LogP contribution >= 0.6 is 0 Å². The highest BCUT2D eigenvalue weighted by Gasteiger charge is 2.48. The second-order valence-corrected chi connectivity index (χ2v) is 8.38. The highest BCUT2D eigenvalue weighted by molar-refractivity contribution is 6.52. The van der Waals surface area contributed by atoms with E-state index in [9.17, 15) is 14.7 Å². The Kier molecular flexibility index (Phi) is 4.86. The quantitative estimate of drug-likeness (QED) is 0.265. The number of hydrogen-bond acceptors (Lipinski definition) is 4. The smallest absolute Gasteiger partial charge is 0.300 e. The number of pyridine rings is 1. The van der Waals surface area contributed by atoms with E-state index in [2.05, 4.69) is 9.97 Å². The molecule has 5 rings (SSSR count). The van der Waals surface area contributed by atoms with Crippen molar-refractivity contribution in [2.24, 2.45) is 0 Å². The Morgan fingerprint density at radius 3 is 2.42 bits per heavy atom. The number of aromatic nitrogens is 2. The van der Waals surface area contributed by atoms with E-state index >= 15 is 0 Å². The zero-order valence-corrected chi connectivity index (χ0v) is 18.6. The molecule has 3 heterocycles. The Morgan fingerprint density at radius 1 is 0.970 bits per heavy atom. The van der Waals surface area contributed by atoms with Gasteiger partial charge in [0, 0.05) is 45.8 Å². The molecule has 1 amide bonds. The van der Waals surface area contributed by atoms with E-state index in [1.807, 2.05) is 63.2 Å². The van der Waals surface area contributed by atoms with Crippen molar-refractivity contribution >= 4 is 34.0 Å². The minimum atomic E-state index is -0.781. The number of nitrogens with zero attached hydrogens (tertiary/aromatic N) is 2. The van der Waals surface area contributed by atoms with Gasteiger partial charge in [-0.1, -0.05) is 24.3 Å². The van der Waals surface area contributed by atoms with Gasteiger partial charge in [0.15, 0.2) is 0 Å². The van der Waals surface area contributed by atoms with Crippen LogP contribution in [0.5, 0.6) is 0 Å². The standard InChI is InChI=1S/C27H23N3O3/c1-15-8-9-19(14-16(15)2)30-24(22-17(3)29-21-7-5-4-6-20(21)22)23(26(32)27(30)33)25(31)18-10-12-28-13-11-18/h4-14,24,29,31H,1-3H3/b25-23+. The molecule has 1 aliphatic rings. The zero-order valence-electron chi connectivity index (χ0n) is 18.6. The third-order valence-corrected chi connectivity index (χ3v) is 6.38. The number of amides is 1. The molecule has 0 bridgehead atoms. The van der Waals surface area contributed by atoms with Crippen molar-refractivity contribution in [3.63, 3.8) is 0 Å². The number of aryl methyl sites for hydroxylation is 3. The lowest BCUT2D eigenvalue weighted by Gasteiger charge is -2.26. The Bertz CT molecular complexity index is 1450. The first-order valence-corrected chi connectivity index (χ1v) is 10.7. The number of para-hydroxylation sites is 1. The van der Waals surface area contributed by atoms with Gasteiger partial charge in [0.05, 0.1) is 11.6 Å². The van der Waals surface area contributed by atoms with Gasteiger partial charge in [-0.15, -0.1) is 0 Å². The van der Waals surface area contributed by atoms with Crippen LogP contribution in [-0.4, -0.2) is 26.8 Å². The van der Waals surface area contributed by atoms with Crippen molar-refractivity contribution in [1.29, 1.82) is 0 Å². The molecule has 0 aliphatic carbocycles. The predicted octanol–water partition coefficient (Wildman–Crippen LogP) is 5.11. The van der Waals surface area contributed by atoms with Crippen LogP contribution in [0.15, 0.2) is 72.6 Å². The third kappa shape index (κ3) is 3.22. The van der Waals surface area contributed by atoms with Gasteiger partial charge in [0.25, 0.3) is 11.7 Å². The minimum absolute atomic E-state index is 0.0669. The van der Waals surface area contributed by atoms with Gasteiger partial charge in [0.2, 0.25) is 0 Å². The van der Waals surface area contributed by atoms with Crippen LogP contribution in [0.1, 0.15) is 34.0 Å². The summed E-state index contributed by atoms with van der Waals surface area (Å²) in [5.41, 5.74) is 5.74. The number of anilines is 1. The van der Waals surface area contributed by atoms with E-state index < -0.39 is 17.7 Å². The van der Waals surface area contributed by atoms with Crippen molar-refractivity contribution in [2.45, 2.75) is 26.8 Å². The topological polar surface area (TPSA) is 86.3 Å². The fourth-order valence-electron chi connectivity index (χ4n) is 4.56. The maximum absolute atomic E-state index is 13.4. The molecule has 4 aromatic rings. The number of aliphatic hydroxyl groups excluding tert-OH is 1. The summed E-state index contributed by atoms with van der Waals surface area (Å²) in [6.07, 6.45) is 3.08. The molecular formula is C27H23N3O3. The highest BCUT2D eigenvalue weighted by atomic mass is 16.3. The summed E-state index contributed by atoms with van der Waals surface area (Å²) in [4.78, 5) is 35.6. The molecular weight excluding hydrogens is 414 g/mol. The molecule has 1 fully saturated rings. The van der Waals surface area contributed by atoms with Gasteiger partial charge in [-0.05, 0) is 62.2 Å². The second-order valence-electron chi connectivity index (χ2n) is 8.38. The van der Waals surface area contributed by atoms with Gasteiger partial charge in [-0.2, -0.15) is 0 Å². The van der Waals surface area contributed by atoms with Gasteiger partial charge >= 0.3 is 0 Å². The number of aliphatic hydroxyl groups is 1. The molecule has 0 saturated carbocycles. The fourth-order valence-corrected chi connectivity index (χ4v) is 4.56. The van der Waals surface area contributed by atoms with E-state index in [-0.39, 0.29) is 11.3 Å². The molecule has 1 unspecified atom stereocenters. The van der Waals surface area contributed by atoms with Crippen LogP contribution in [0.3, 0.4) is 0 Å². The highest BCUT2D eigenvalue weighted by Crippen LogP contribution is 2.45. The first-order chi connectivity index (χ1) is 15.9. The molecule has 6 heteroatoms. The second kappa shape index (κ2) is 7.74. The number of carbonyl (C=O) groups is 2. The van der Waals surface area contributed by atoms with E-state index in [1.54, 1.807) is 24.5 Å². The van der Waals surface area contributed by atoms with E-state index in [1.165, 1.54) is 4.90 Å². The van der Waals surface area contributed by atoms with Crippen molar-refractivity contribution in [2.75, 3.05) is 4.90 Å². The molecule has 6 nitrogen and oxygen atoms in total. The molecule has 1 atom stereocenters. The number of fused-ring (bicyclic) bond motifs is 1. The molecule has 1 saturated heterocycles. The average molecular weight is 437 g/mol. The number of rotatable bonds is 3. The summed E-state index contributed by atoms with van der Waals surface area (Å²) < 4.78 is 0. The molecule has 0 spiro atoms. The summed E-state index contributed by atoms with van der Waals surface area (Å²) in [5.74, 6) is -1.59. The lowest BCUT2D eigenvalue weighted by atomic mass is 9.93. The summed E-state index contributed by atoms with van der Waals surface area (Å²) in [7, 11) is 0. The van der Waals surface area contributed by atoms with Crippen LogP contribution < -0.4 is 4.90 Å². The van der Waals surface area contributed by atoms with Crippen LogP contribution in [0, 0.1) is 20.8 Å². The molecule has 2 N–H and O–H groups in total. The lowest BCUT2D eigenvalue weighted by molar-refractivity contribution is -0.132. The van der Waals surface area contributed by atoms with E-state index in [4.69, 9.17) is 0 Å². The zero-order chi connectivity index (χ0) is 23.3. The van der Waals surface area contributed by atoms with Crippen LogP contribution in [0.25, 0.3) is 16.7 Å². The van der Waals surface area contributed by atoms with Crippen molar-refractivity contribution < 1.29 is 14.7 Å². The molecule has 164 valence electrons. The minimum Gasteiger partial charge on any atom is -0.507 e. The number of Topliss-reactive ketones (excluding diaryl/α,β-unsaturated/α-hetero) is 1. The maximum atomic E-state index is 13.4. The molecule has 2 aromatic carbocycles.